The molecule has 1 aromatic heterocycles. The quantitative estimate of drug-likeness (QED) is 0.824. The normalized spacial score (nSPS) is 18.5. The average molecular weight is 338 g/mol. The third-order valence-electron chi connectivity index (χ3n) is 3.32. The Bertz CT molecular complexity index is 593. The van der Waals surface area contributed by atoms with Crippen molar-refractivity contribution in [2.24, 2.45) is 0 Å². The first-order valence-corrected chi connectivity index (χ1v) is 7.77. The number of nitriles is 1. The van der Waals surface area contributed by atoms with Gasteiger partial charge in [0.1, 0.15) is 5.60 Å². The van der Waals surface area contributed by atoms with Gasteiger partial charge in [0.15, 0.2) is 0 Å². The maximum atomic E-state index is 12.2. The molecule has 7 nitrogen and oxygen atoms in total. The number of hydrogen-bond acceptors (Lipinski definition) is 6. The van der Waals surface area contributed by atoms with Gasteiger partial charge in [-0.15, -0.1) is 0 Å². The van der Waals surface area contributed by atoms with Crippen LogP contribution >= 0.6 is 11.6 Å². The van der Waals surface area contributed by atoms with Crippen LogP contribution in [0, 0.1) is 11.3 Å². The minimum absolute atomic E-state index is 0.178. The zero-order valence-electron chi connectivity index (χ0n) is 13.5. The van der Waals surface area contributed by atoms with Crippen molar-refractivity contribution in [3.05, 3.63) is 17.4 Å². The topological polar surface area (TPSA) is 82.3 Å². The second kappa shape index (κ2) is 7.01. The van der Waals surface area contributed by atoms with Gasteiger partial charge in [0, 0.05) is 19.6 Å². The maximum absolute atomic E-state index is 12.2. The third-order valence-corrected chi connectivity index (χ3v) is 3.52. The largest absolute Gasteiger partial charge is 0.444 e. The van der Waals surface area contributed by atoms with Crippen LogP contribution in [-0.4, -0.2) is 52.2 Å². The molecule has 1 aliphatic heterocycles. The highest BCUT2D eigenvalue weighted by molar-refractivity contribution is 6.30. The second-order valence-corrected chi connectivity index (χ2v) is 6.77. The van der Waals surface area contributed by atoms with E-state index in [0.29, 0.717) is 30.6 Å². The lowest BCUT2D eigenvalue weighted by Crippen LogP contribution is -2.56. The van der Waals surface area contributed by atoms with Crippen molar-refractivity contribution in [2.45, 2.75) is 38.8 Å². The van der Waals surface area contributed by atoms with Crippen molar-refractivity contribution in [2.75, 3.05) is 24.5 Å². The van der Waals surface area contributed by atoms with Gasteiger partial charge in [0.05, 0.1) is 35.9 Å². The lowest BCUT2D eigenvalue weighted by Gasteiger charge is -2.40. The summed E-state index contributed by atoms with van der Waals surface area (Å²) < 4.78 is 5.40. The summed E-state index contributed by atoms with van der Waals surface area (Å²) in [5.74, 6) is 0.512. The van der Waals surface area contributed by atoms with Gasteiger partial charge in [0.25, 0.3) is 0 Å². The molecule has 1 fully saturated rings. The first kappa shape index (κ1) is 17.3. The van der Waals surface area contributed by atoms with Crippen LogP contribution in [-0.2, 0) is 4.74 Å². The summed E-state index contributed by atoms with van der Waals surface area (Å²) in [6, 6.07) is 1.98. The van der Waals surface area contributed by atoms with E-state index in [1.807, 2.05) is 25.7 Å². The number of amides is 1. The molecule has 0 radical (unpaired) electrons. The molecule has 0 saturated carbocycles. The molecule has 2 heterocycles. The van der Waals surface area contributed by atoms with Crippen molar-refractivity contribution < 1.29 is 9.53 Å². The monoisotopic (exact) mass is 337 g/mol. The molecule has 0 N–H and O–H groups in total. The van der Waals surface area contributed by atoms with E-state index in [2.05, 4.69) is 16.0 Å². The molecule has 1 saturated heterocycles. The van der Waals surface area contributed by atoms with E-state index in [1.165, 1.54) is 12.4 Å². The number of halogens is 1. The van der Waals surface area contributed by atoms with Gasteiger partial charge in [-0.2, -0.15) is 5.26 Å². The zero-order chi connectivity index (χ0) is 17.0. The van der Waals surface area contributed by atoms with E-state index >= 15 is 0 Å². The molecule has 124 valence electrons. The molecule has 8 heteroatoms. The van der Waals surface area contributed by atoms with Crippen LogP contribution in [0.15, 0.2) is 12.4 Å². The highest BCUT2D eigenvalue weighted by Gasteiger charge is 2.33. The zero-order valence-corrected chi connectivity index (χ0v) is 14.2. The molecular weight excluding hydrogens is 318 g/mol. The van der Waals surface area contributed by atoms with E-state index in [-0.39, 0.29) is 18.6 Å². The number of aromatic nitrogens is 2. The van der Waals surface area contributed by atoms with Gasteiger partial charge >= 0.3 is 6.09 Å². The number of hydrogen-bond donors (Lipinski definition) is 0. The molecule has 1 atom stereocenters. The Hall–Kier alpha value is -2.07. The van der Waals surface area contributed by atoms with E-state index in [0.717, 1.165) is 0 Å². The minimum Gasteiger partial charge on any atom is -0.444 e. The van der Waals surface area contributed by atoms with E-state index < -0.39 is 5.60 Å². The van der Waals surface area contributed by atoms with Crippen LogP contribution < -0.4 is 4.90 Å². The van der Waals surface area contributed by atoms with E-state index in [4.69, 9.17) is 21.6 Å². The summed E-state index contributed by atoms with van der Waals surface area (Å²) in [7, 11) is 0. The molecule has 1 aromatic rings. The molecule has 2 rings (SSSR count). The standard InChI is InChI=1S/C15H20ClN5O2/c1-15(2,3)23-14(22)20-6-7-21(12(10-20)4-5-17)13-18-8-11(16)9-19-13/h8-9,12H,4,6-7,10H2,1-3H3/t12-/m0/s1. The number of nitrogens with zero attached hydrogens (tertiary/aromatic N) is 5. The molecule has 0 bridgehead atoms. The Balaban J connectivity index is 2.10. The van der Waals surface area contributed by atoms with E-state index in [1.54, 1.807) is 4.90 Å². The van der Waals surface area contributed by atoms with Crippen molar-refractivity contribution in [1.82, 2.24) is 14.9 Å². The number of carbonyl (C=O) groups is 1. The predicted octanol–water partition coefficient (Wildman–Crippen LogP) is 2.47. The SMILES string of the molecule is CC(C)(C)OC(=O)N1CCN(c2ncc(Cl)cn2)[C@@H](CC#N)C1. The van der Waals surface area contributed by atoms with Crippen LogP contribution in [0.1, 0.15) is 27.2 Å². The molecule has 23 heavy (non-hydrogen) atoms. The molecule has 0 aromatic carbocycles. The average Bonchev–Trinajstić information content (AvgIpc) is 2.47. The highest BCUT2D eigenvalue weighted by atomic mass is 35.5. The maximum Gasteiger partial charge on any atom is 0.410 e. The molecular formula is C15H20ClN5O2. The molecule has 0 unspecified atom stereocenters. The molecule has 0 aliphatic carbocycles. The van der Waals surface area contributed by atoms with Crippen LogP contribution in [0.5, 0.6) is 0 Å². The summed E-state index contributed by atoms with van der Waals surface area (Å²) in [4.78, 5) is 24.2. The van der Waals surface area contributed by atoms with Crippen LogP contribution in [0.4, 0.5) is 10.7 Å². The lowest BCUT2D eigenvalue weighted by atomic mass is 10.1. The number of anilines is 1. The predicted molar refractivity (Wildman–Crippen MR) is 86.2 cm³/mol. The van der Waals surface area contributed by atoms with Crippen molar-refractivity contribution in [3.63, 3.8) is 0 Å². The summed E-state index contributed by atoms with van der Waals surface area (Å²) in [5.41, 5.74) is -0.543. The van der Waals surface area contributed by atoms with Gasteiger partial charge in [-0.3, -0.25) is 0 Å². The summed E-state index contributed by atoms with van der Waals surface area (Å²) in [6.45, 7) is 6.91. The van der Waals surface area contributed by atoms with Crippen LogP contribution in [0.2, 0.25) is 5.02 Å². The van der Waals surface area contributed by atoms with Crippen molar-refractivity contribution >= 4 is 23.6 Å². The molecule has 0 spiro atoms. The van der Waals surface area contributed by atoms with Gasteiger partial charge < -0.3 is 14.5 Å². The summed E-state index contributed by atoms with van der Waals surface area (Å²) >= 11 is 5.81. The van der Waals surface area contributed by atoms with Gasteiger partial charge in [-0.25, -0.2) is 14.8 Å². The number of piperazine rings is 1. The van der Waals surface area contributed by atoms with Crippen molar-refractivity contribution in [1.29, 1.82) is 5.26 Å². The first-order chi connectivity index (χ1) is 10.8. The fourth-order valence-corrected chi connectivity index (χ4v) is 2.44. The smallest absolute Gasteiger partial charge is 0.410 e. The van der Waals surface area contributed by atoms with Crippen LogP contribution in [0.3, 0.4) is 0 Å². The minimum atomic E-state index is -0.543. The lowest BCUT2D eigenvalue weighted by molar-refractivity contribution is 0.0214. The second-order valence-electron chi connectivity index (χ2n) is 6.34. The summed E-state index contributed by atoms with van der Waals surface area (Å²) in [5, 5.41) is 9.52. The fraction of sp³-hybridized carbons (Fsp3) is 0.600. The fourth-order valence-electron chi connectivity index (χ4n) is 2.34. The Morgan fingerprint density at radius 3 is 2.65 bits per heavy atom. The summed E-state index contributed by atoms with van der Waals surface area (Å²) in [6.07, 6.45) is 2.95. The highest BCUT2D eigenvalue weighted by Crippen LogP contribution is 2.21. The van der Waals surface area contributed by atoms with E-state index in [9.17, 15) is 4.79 Å². The van der Waals surface area contributed by atoms with Crippen molar-refractivity contribution in [3.8, 4) is 6.07 Å². The molecule has 1 aliphatic rings. The third kappa shape index (κ3) is 4.70. The number of carbonyl (C=O) groups excluding carboxylic acids is 1. The van der Waals surface area contributed by atoms with Gasteiger partial charge in [-0.05, 0) is 20.8 Å². The Morgan fingerprint density at radius 1 is 1.43 bits per heavy atom. The Kier molecular flexibility index (Phi) is 5.26. The number of rotatable bonds is 2. The van der Waals surface area contributed by atoms with Gasteiger partial charge in [0.2, 0.25) is 5.95 Å². The number of ether oxygens (including phenoxy) is 1. The first-order valence-electron chi connectivity index (χ1n) is 7.39. The van der Waals surface area contributed by atoms with Crippen LogP contribution in [0.25, 0.3) is 0 Å². The molecule has 1 amide bonds. The Labute approximate surface area is 140 Å². The Morgan fingerprint density at radius 2 is 2.09 bits per heavy atom. The van der Waals surface area contributed by atoms with Gasteiger partial charge in [-0.1, -0.05) is 11.6 Å².